The third-order valence-electron chi connectivity index (χ3n) is 3.88. The Labute approximate surface area is 120 Å². The van der Waals surface area contributed by atoms with Gasteiger partial charge in [-0.3, -0.25) is 4.79 Å². The second-order valence-corrected chi connectivity index (χ2v) is 5.12. The molecule has 2 unspecified atom stereocenters. The number of hydrogen-bond donors (Lipinski definition) is 1. The van der Waals surface area contributed by atoms with Crippen LogP contribution in [0, 0.1) is 0 Å². The number of carbonyl (C=O) groups excluding carboxylic acids is 2. The van der Waals surface area contributed by atoms with Gasteiger partial charge >= 0.3 is 5.97 Å². The van der Waals surface area contributed by atoms with Crippen LogP contribution in [0.4, 0.5) is 0 Å². The first kappa shape index (κ1) is 16.2. The molecule has 2 aliphatic heterocycles. The minimum Gasteiger partial charge on any atom is -0.467 e. The highest BCUT2D eigenvalue weighted by Gasteiger charge is 2.33. The average Bonchev–Trinajstić information content (AvgIpc) is 2.90. The molecule has 19 heavy (non-hydrogen) atoms. The van der Waals surface area contributed by atoms with E-state index in [1.54, 1.807) is 4.90 Å². The molecule has 0 radical (unpaired) electrons. The van der Waals surface area contributed by atoms with E-state index < -0.39 is 0 Å². The second-order valence-electron chi connectivity index (χ2n) is 5.12. The normalized spacial score (nSPS) is 26.7. The summed E-state index contributed by atoms with van der Waals surface area (Å²) in [5.41, 5.74) is 0. The molecule has 1 N–H and O–H groups in total. The van der Waals surface area contributed by atoms with Crippen molar-refractivity contribution in [2.45, 2.75) is 50.6 Å². The molecule has 0 aromatic heterocycles. The predicted molar refractivity (Wildman–Crippen MR) is 74.3 cm³/mol. The Bertz CT molecular complexity index is 319. The molecule has 2 rings (SSSR count). The fourth-order valence-corrected chi connectivity index (χ4v) is 2.87. The molecule has 2 saturated heterocycles. The van der Waals surface area contributed by atoms with Gasteiger partial charge in [-0.25, -0.2) is 4.79 Å². The van der Waals surface area contributed by atoms with Crippen LogP contribution in [0.2, 0.25) is 0 Å². The summed E-state index contributed by atoms with van der Waals surface area (Å²) in [6.07, 6.45) is 5.41. The lowest BCUT2D eigenvalue weighted by Crippen LogP contribution is -2.49. The summed E-state index contributed by atoms with van der Waals surface area (Å²) >= 11 is 0. The van der Waals surface area contributed by atoms with Gasteiger partial charge in [-0.15, -0.1) is 12.4 Å². The van der Waals surface area contributed by atoms with Crippen molar-refractivity contribution in [3.05, 3.63) is 0 Å². The third-order valence-corrected chi connectivity index (χ3v) is 3.88. The lowest BCUT2D eigenvalue weighted by atomic mass is 10.0. The van der Waals surface area contributed by atoms with Crippen LogP contribution in [0.5, 0.6) is 0 Å². The molecule has 0 aliphatic carbocycles. The fraction of sp³-hybridized carbons (Fsp3) is 0.846. The monoisotopic (exact) mass is 290 g/mol. The van der Waals surface area contributed by atoms with Gasteiger partial charge in [-0.2, -0.15) is 0 Å². The van der Waals surface area contributed by atoms with E-state index in [9.17, 15) is 9.59 Å². The van der Waals surface area contributed by atoms with E-state index in [0.717, 1.165) is 38.6 Å². The minimum atomic E-state index is -0.363. The zero-order valence-corrected chi connectivity index (χ0v) is 12.2. The maximum atomic E-state index is 12.3. The number of hydrogen-bond acceptors (Lipinski definition) is 4. The van der Waals surface area contributed by atoms with Crippen LogP contribution in [-0.2, 0) is 14.3 Å². The summed E-state index contributed by atoms with van der Waals surface area (Å²) in [6, 6.07) is -0.0737. The zero-order valence-electron chi connectivity index (χ0n) is 11.4. The van der Waals surface area contributed by atoms with E-state index in [1.807, 2.05) is 0 Å². The third kappa shape index (κ3) is 4.08. The average molecular weight is 291 g/mol. The van der Waals surface area contributed by atoms with Gasteiger partial charge in [-0.05, 0) is 38.6 Å². The van der Waals surface area contributed by atoms with Gasteiger partial charge in [0.25, 0.3) is 0 Å². The van der Waals surface area contributed by atoms with Crippen molar-refractivity contribution in [3.8, 4) is 0 Å². The smallest absolute Gasteiger partial charge is 0.328 e. The van der Waals surface area contributed by atoms with Crippen LogP contribution in [0.1, 0.15) is 38.5 Å². The predicted octanol–water partition coefficient (Wildman–Crippen LogP) is 1.10. The quantitative estimate of drug-likeness (QED) is 0.791. The molecule has 110 valence electrons. The minimum absolute atomic E-state index is 0. The molecule has 0 aromatic carbocycles. The molecular formula is C13H23ClN2O3. The molecule has 2 aliphatic rings. The van der Waals surface area contributed by atoms with E-state index in [1.165, 1.54) is 7.11 Å². The van der Waals surface area contributed by atoms with Gasteiger partial charge < -0.3 is 15.0 Å². The lowest BCUT2D eigenvalue weighted by molar-refractivity contribution is -0.154. The number of amides is 1. The molecule has 2 heterocycles. The molecule has 0 bridgehead atoms. The summed E-state index contributed by atoms with van der Waals surface area (Å²) < 4.78 is 4.79. The van der Waals surface area contributed by atoms with Gasteiger partial charge in [0, 0.05) is 19.0 Å². The molecule has 2 atom stereocenters. The van der Waals surface area contributed by atoms with Crippen molar-refractivity contribution in [3.63, 3.8) is 0 Å². The van der Waals surface area contributed by atoms with E-state index in [0.29, 0.717) is 13.0 Å². The standard InChI is InChI=1S/C13H22N2O3.ClH/c1-18-13(17)11-6-2-3-8-15(11)12(16)9-10-5-4-7-14-10;/h10-11,14H,2-9H2,1H3;1H. The SMILES string of the molecule is COC(=O)C1CCCCN1C(=O)CC1CCCN1.Cl. The molecule has 0 aromatic rings. The number of halogens is 1. The van der Waals surface area contributed by atoms with Gasteiger partial charge in [0.2, 0.25) is 5.91 Å². The van der Waals surface area contributed by atoms with E-state index in [4.69, 9.17) is 4.74 Å². The van der Waals surface area contributed by atoms with Gasteiger partial charge in [0.1, 0.15) is 6.04 Å². The number of esters is 1. The van der Waals surface area contributed by atoms with E-state index >= 15 is 0 Å². The molecular weight excluding hydrogens is 268 g/mol. The van der Waals surface area contributed by atoms with Gasteiger partial charge in [-0.1, -0.05) is 0 Å². The fourth-order valence-electron chi connectivity index (χ4n) is 2.87. The Balaban J connectivity index is 0.00000180. The van der Waals surface area contributed by atoms with Crippen molar-refractivity contribution in [2.75, 3.05) is 20.2 Å². The van der Waals surface area contributed by atoms with Crippen LogP contribution >= 0.6 is 12.4 Å². The van der Waals surface area contributed by atoms with Crippen LogP contribution in [0.25, 0.3) is 0 Å². The van der Waals surface area contributed by atoms with Crippen molar-refractivity contribution < 1.29 is 14.3 Å². The number of rotatable bonds is 3. The number of methoxy groups -OCH3 is 1. The van der Waals surface area contributed by atoms with Crippen molar-refractivity contribution in [1.82, 2.24) is 10.2 Å². The highest BCUT2D eigenvalue weighted by Crippen LogP contribution is 2.20. The highest BCUT2D eigenvalue weighted by molar-refractivity contribution is 5.85. The summed E-state index contributed by atoms with van der Waals surface area (Å²) in [4.78, 5) is 25.7. The number of ether oxygens (including phenoxy) is 1. The molecule has 0 saturated carbocycles. The molecule has 0 spiro atoms. The first-order valence-electron chi connectivity index (χ1n) is 6.83. The maximum absolute atomic E-state index is 12.3. The van der Waals surface area contributed by atoms with Gasteiger partial charge in [0.05, 0.1) is 7.11 Å². The number of nitrogens with zero attached hydrogens (tertiary/aromatic N) is 1. The summed E-state index contributed by atoms with van der Waals surface area (Å²) in [6.45, 7) is 1.68. The topological polar surface area (TPSA) is 58.6 Å². The van der Waals surface area contributed by atoms with Crippen LogP contribution < -0.4 is 5.32 Å². The van der Waals surface area contributed by atoms with Gasteiger partial charge in [0.15, 0.2) is 0 Å². The Hall–Kier alpha value is -0.810. The van der Waals surface area contributed by atoms with E-state index in [-0.39, 0.29) is 36.4 Å². The first-order valence-corrected chi connectivity index (χ1v) is 6.83. The number of likely N-dealkylation sites (tertiary alicyclic amines) is 1. The second kappa shape index (κ2) is 7.70. The molecule has 1 amide bonds. The molecule has 6 heteroatoms. The Kier molecular flexibility index (Phi) is 6.58. The molecule has 2 fully saturated rings. The number of nitrogens with one attached hydrogen (secondary N) is 1. The number of carbonyl (C=O) groups is 2. The van der Waals surface area contributed by atoms with Crippen molar-refractivity contribution in [2.24, 2.45) is 0 Å². The summed E-state index contributed by atoms with van der Waals surface area (Å²) in [5.74, 6) is -0.188. The van der Waals surface area contributed by atoms with Crippen molar-refractivity contribution in [1.29, 1.82) is 0 Å². The largest absolute Gasteiger partial charge is 0.467 e. The highest BCUT2D eigenvalue weighted by atomic mass is 35.5. The van der Waals surface area contributed by atoms with Crippen LogP contribution in [0.15, 0.2) is 0 Å². The van der Waals surface area contributed by atoms with Crippen LogP contribution in [-0.4, -0.2) is 49.1 Å². The maximum Gasteiger partial charge on any atom is 0.328 e. The zero-order chi connectivity index (χ0) is 13.0. The molecule has 5 nitrogen and oxygen atoms in total. The number of piperidine rings is 1. The Morgan fingerprint density at radius 2 is 2.05 bits per heavy atom. The Morgan fingerprint density at radius 3 is 2.68 bits per heavy atom. The van der Waals surface area contributed by atoms with Crippen LogP contribution in [0.3, 0.4) is 0 Å². The summed E-state index contributed by atoms with van der Waals surface area (Å²) in [5, 5.41) is 3.32. The Morgan fingerprint density at radius 1 is 1.26 bits per heavy atom. The first-order chi connectivity index (χ1) is 8.72. The summed E-state index contributed by atoms with van der Waals surface area (Å²) in [7, 11) is 1.39. The lowest BCUT2D eigenvalue weighted by Gasteiger charge is -2.34. The van der Waals surface area contributed by atoms with Crippen molar-refractivity contribution >= 4 is 24.3 Å². The van der Waals surface area contributed by atoms with E-state index in [2.05, 4.69) is 5.32 Å².